The number of carboxylic acid groups (broad SMARTS) is 1. The van der Waals surface area contributed by atoms with Crippen molar-refractivity contribution in [2.75, 3.05) is 6.61 Å². The average molecular weight is 324 g/mol. The molecule has 0 spiro atoms. The van der Waals surface area contributed by atoms with Gasteiger partial charge in [-0.15, -0.1) is 0 Å². The summed E-state index contributed by atoms with van der Waals surface area (Å²) >= 11 is 0. The Balaban J connectivity index is 2.02. The zero-order chi connectivity index (χ0) is 17.5. The van der Waals surface area contributed by atoms with Gasteiger partial charge < -0.3 is 9.84 Å². The zero-order valence-electron chi connectivity index (χ0n) is 14.7. The van der Waals surface area contributed by atoms with E-state index in [9.17, 15) is 4.79 Å². The van der Waals surface area contributed by atoms with Crippen LogP contribution in [-0.2, 0) is 10.8 Å². The van der Waals surface area contributed by atoms with Crippen molar-refractivity contribution in [3.05, 3.63) is 64.7 Å². The van der Waals surface area contributed by atoms with Crippen LogP contribution in [0.15, 0.2) is 42.5 Å². The number of hydrogen-bond acceptors (Lipinski definition) is 2. The van der Waals surface area contributed by atoms with Gasteiger partial charge in [-0.25, -0.2) is 4.79 Å². The van der Waals surface area contributed by atoms with Crippen LogP contribution in [0, 0.1) is 0 Å². The minimum absolute atomic E-state index is 0.104. The van der Waals surface area contributed by atoms with Gasteiger partial charge >= 0.3 is 5.97 Å². The molecular formula is C21H24O3. The van der Waals surface area contributed by atoms with Crippen LogP contribution in [0.2, 0.25) is 0 Å². The lowest BCUT2D eigenvalue weighted by atomic mass is 9.73. The van der Waals surface area contributed by atoms with E-state index < -0.39 is 5.97 Å². The molecule has 0 amide bonds. The second-order valence-corrected chi connectivity index (χ2v) is 7.70. The number of aromatic carboxylic acids is 1. The molecule has 0 aliphatic carbocycles. The molecule has 3 nitrogen and oxygen atoms in total. The van der Waals surface area contributed by atoms with Gasteiger partial charge in [-0.3, -0.25) is 0 Å². The van der Waals surface area contributed by atoms with E-state index >= 15 is 0 Å². The molecule has 0 fully saturated rings. The van der Waals surface area contributed by atoms with E-state index in [-0.39, 0.29) is 10.8 Å². The van der Waals surface area contributed by atoms with Gasteiger partial charge in [0.2, 0.25) is 0 Å². The third-order valence-corrected chi connectivity index (χ3v) is 5.27. The summed E-state index contributed by atoms with van der Waals surface area (Å²) in [6, 6.07) is 13.6. The summed E-state index contributed by atoms with van der Waals surface area (Å²) in [6.07, 6.45) is 1.01. The minimum atomic E-state index is -0.896. The molecule has 1 aliphatic heterocycles. The topological polar surface area (TPSA) is 46.5 Å². The van der Waals surface area contributed by atoms with Gasteiger partial charge in [0.05, 0.1) is 12.2 Å². The molecule has 0 unspecified atom stereocenters. The van der Waals surface area contributed by atoms with Crippen molar-refractivity contribution >= 4 is 5.97 Å². The standard InChI is InChI=1S/C21H24O3/c1-20(2)11-12-24-18-10-9-16(13-17(18)20)21(3,4)15-7-5-14(6-8-15)19(22)23/h5-10,13H,11-12H2,1-4H3,(H,22,23). The maximum atomic E-state index is 11.0. The Morgan fingerprint density at radius 2 is 1.71 bits per heavy atom. The molecule has 1 heterocycles. The maximum absolute atomic E-state index is 11.0. The van der Waals surface area contributed by atoms with Gasteiger partial charge in [0, 0.05) is 11.0 Å². The molecule has 1 aliphatic rings. The van der Waals surface area contributed by atoms with Crippen molar-refractivity contribution in [2.24, 2.45) is 0 Å². The SMILES string of the molecule is CC1(C)CCOc2ccc(C(C)(C)c3ccc(C(=O)O)cc3)cc21. The van der Waals surface area contributed by atoms with Crippen LogP contribution in [0.25, 0.3) is 0 Å². The molecule has 3 heteroatoms. The summed E-state index contributed by atoms with van der Waals surface area (Å²) in [7, 11) is 0. The summed E-state index contributed by atoms with van der Waals surface area (Å²) in [5.74, 6) is 0.0825. The normalized spacial score (nSPS) is 16.2. The smallest absolute Gasteiger partial charge is 0.335 e. The van der Waals surface area contributed by atoms with E-state index in [0.29, 0.717) is 5.56 Å². The predicted molar refractivity (Wildman–Crippen MR) is 95.1 cm³/mol. The van der Waals surface area contributed by atoms with Crippen LogP contribution in [0.1, 0.15) is 61.2 Å². The van der Waals surface area contributed by atoms with E-state index in [2.05, 4.69) is 45.9 Å². The lowest BCUT2D eigenvalue weighted by molar-refractivity contribution is 0.0697. The fourth-order valence-corrected chi connectivity index (χ4v) is 3.32. The summed E-state index contributed by atoms with van der Waals surface area (Å²) < 4.78 is 5.81. The van der Waals surface area contributed by atoms with Gasteiger partial charge in [-0.1, -0.05) is 52.0 Å². The van der Waals surface area contributed by atoms with E-state index in [1.165, 1.54) is 11.1 Å². The number of fused-ring (bicyclic) bond motifs is 1. The Hall–Kier alpha value is -2.29. The Morgan fingerprint density at radius 1 is 1.08 bits per heavy atom. The van der Waals surface area contributed by atoms with E-state index in [1.807, 2.05) is 12.1 Å². The van der Waals surface area contributed by atoms with Crippen molar-refractivity contribution in [3.63, 3.8) is 0 Å². The molecule has 0 radical (unpaired) electrons. The lowest BCUT2D eigenvalue weighted by Crippen LogP contribution is -2.28. The van der Waals surface area contributed by atoms with Crippen LogP contribution in [0.3, 0.4) is 0 Å². The van der Waals surface area contributed by atoms with E-state index in [4.69, 9.17) is 9.84 Å². The van der Waals surface area contributed by atoms with Gasteiger partial charge in [0.15, 0.2) is 0 Å². The second kappa shape index (κ2) is 5.66. The van der Waals surface area contributed by atoms with Crippen LogP contribution >= 0.6 is 0 Å². The first-order valence-electron chi connectivity index (χ1n) is 8.33. The third-order valence-electron chi connectivity index (χ3n) is 5.27. The summed E-state index contributed by atoms with van der Waals surface area (Å²) in [5.41, 5.74) is 3.77. The number of ether oxygens (including phenoxy) is 1. The highest BCUT2D eigenvalue weighted by molar-refractivity contribution is 5.87. The fourth-order valence-electron chi connectivity index (χ4n) is 3.32. The predicted octanol–water partition coefficient (Wildman–Crippen LogP) is 4.77. The van der Waals surface area contributed by atoms with Crippen molar-refractivity contribution in [2.45, 2.75) is 44.9 Å². The number of rotatable bonds is 3. The van der Waals surface area contributed by atoms with Crippen LogP contribution in [0.4, 0.5) is 0 Å². The van der Waals surface area contributed by atoms with Crippen molar-refractivity contribution < 1.29 is 14.6 Å². The van der Waals surface area contributed by atoms with Crippen molar-refractivity contribution in [3.8, 4) is 5.75 Å². The zero-order valence-corrected chi connectivity index (χ0v) is 14.7. The summed E-state index contributed by atoms with van der Waals surface area (Å²) in [6.45, 7) is 9.61. The van der Waals surface area contributed by atoms with Crippen molar-refractivity contribution in [1.29, 1.82) is 0 Å². The van der Waals surface area contributed by atoms with Crippen molar-refractivity contribution in [1.82, 2.24) is 0 Å². The van der Waals surface area contributed by atoms with E-state index in [1.54, 1.807) is 12.1 Å². The molecule has 2 aromatic carbocycles. The molecule has 3 rings (SSSR count). The highest BCUT2D eigenvalue weighted by Gasteiger charge is 2.31. The van der Waals surface area contributed by atoms with E-state index in [0.717, 1.165) is 24.3 Å². The fraction of sp³-hybridized carbons (Fsp3) is 0.381. The van der Waals surface area contributed by atoms with Gasteiger partial charge in [0.1, 0.15) is 5.75 Å². The average Bonchev–Trinajstić information content (AvgIpc) is 2.54. The lowest BCUT2D eigenvalue weighted by Gasteiger charge is -2.35. The Kier molecular flexibility index (Phi) is 3.90. The maximum Gasteiger partial charge on any atom is 0.335 e. The molecule has 0 bridgehead atoms. The molecule has 0 saturated heterocycles. The molecule has 0 aromatic heterocycles. The van der Waals surface area contributed by atoms with Crippen LogP contribution in [-0.4, -0.2) is 17.7 Å². The largest absolute Gasteiger partial charge is 0.493 e. The molecule has 1 N–H and O–H groups in total. The first-order chi connectivity index (χ1) is 11.2. The quantitative estimate of drug-likeness (QED) is 0.884. The number of hydrogen-bond donors (Lipinski definition) is 1. The van der Waals surface area contributed by atoms with Crippen LogP contribution in [0.5, 0.6) is 5.75 Å². The highest BCUT2D eigenvalue weighted by Crippen LogP contribution is 2.42. The first-order valence-corrected chi connectivity index (χ1v) is 8.33. The minimum Gasteiger partial charge on any atom is -0.493 e. The van der Waals surface area contributed by atoms with Gasteiger partial charge in [-0.05, 0) is 41.2 Å². The number of benzene rings is 2. The van der Waals surface area contributed by atoms with Crippen LogP contribution < -0.4 is 4.74 Å². The molecule has 24 heavy (non-hydrogen) atoms. The van der Waals surface area contributed by atoms with Gasteiger partial charge in [0.25, 0.3) is 0 Å². The van der Waals surface area contributed by atoms with Gasteiger partial charge in [-0.2, -0.15) is 0 Å². The Bertz CT molecular complexity index is 770. The highest BCUT2D eigenvalue weighted by atomic mass is 16.5. The first kappa shape index (κ1) is 16.6. The summed E-state index contributed by atoms with van der Waals surface area (Å²) in [5, 5.41) is 9.07. The second-order valence-electron chi connectivity index (χ2n) is 7.70. The molecule has 0 saturated carbocycles. The molecule has 0 atom stereocenters. The molecule has 126 valence electrons. The molecular weight excluding hydrogens is 300 g/mol. The Morgan fingerprint density at radius 3 is 2.33 bits per heavy atom. The number of carboxylic acids is 1. The molecule has 2 aromatic rings. The summed E-state index contributed by atoms with van der Waals surface area (Å²) in [4.78, 5) is 11.0. The monoisotopic (exact) mass is 324 g/mol. The number of carbonyl (C=O) groups is 1. The third kappa shape index (κ3) is 2.79. The Labute approximate surface area is 143 Å².